The number of rotatable bonds is 5. The molecule has 122 valence electrons. The minimum absolute atomic E-state index is 0.0364. The number of carbonyl (C=O) groups excluding carboxylic acids is 1. The molecular formula is C17H26N2O3. The average Bonchev–Trinajstić information content (AvgIpc) is 2.48. The van der Waals surface area contributed by atoms with Crippen LogP contribution >= 0.6 is 0 Å². The van der Waals surface area contributed by atoms with Gasteiger partial charge in [-0.15, -0.1) is 0 Å². The number of hydrogen-bond acceptors (Lipinski definition) is 4. The van der Waals surface area contributed by atoms with Crippen molar-refractivity contribution in [2.45, 2.75) is 45.8 Å². The summed E-state index contributed by atoms with van der Waals surface area (Å²) in [6, 6.07) is 5.85. The van der Waals surface area contributed by atoms with Crippen molar-refractivity contribution in [2.24, 2.45) is 5.92 Å². The standard InChI is InChI=1S/C17H26N2O3/c1-11(2)22-16-6-5-14(21-4)10-15(16)19-17(20)13-7-8-18-12(3)9-13/h5-6,10-13,18H,7-9H2,1-4H3,(H,19,20)/t12-,13-/m0/s1. The summed E-state index contributed by atoms with van der Waals surface area (Å²) in [6.45, 7) is 6.92. The van der Waals surface area contributed by atoms with E-state index in [2.05, 4.69) is 17.6 Å². The summed E-state index contributed by atoms with van der Waals surface area (Å²) in [5.74, 6) is 1.46. The highest BCUT2D eigenvalue weighted by atomic mass is 16.5. The Morgan fingerprint density at radius 3 is 2.82 bits per heavy atom. The molecule has 0 bridgehead atoms. The van der Waals surface area contributed by atoms with Crippen LogP contribution in [0.15, 0.2) is 18.2 Å². The van der Waals surface area contributed by atoms with Crippen LogP contribution in [0.5, 0.6) is 11.5 Å². The third-order valence-corrected chi connectivity index (χ3v) is 3.80. The monoisotopic (exact) mass is 306 g/mol. The zero-order valence-corrected chi connectivity index (χ0v) is 13.8. The Bertz CT molecular complexity index is 517. The van der Waals surface area contributed by atoms with E-state index in [1.165, 1.54) is 0 Å². The molecule has 0 spiro atoms. The Morgan fingerprint density at radius 1 is 1.41 bits per heavy atom. The van der Waals surface area contributed by atoms with Crippen molar-refractivity contribution in [3.05, 3.63) is 18.2 Å². The van der Waals surface area contributed by atoms with E-state index in [0.29, 0.717) is 23.2 Å². The predicted octanol–water partition coefficient (Wildman–Crippen LogP) is 2.81. The van der Waals surface area contributed by atoms with Crippen LogP contribution in [-0.4, -0.2) is 31.7 Å². The first kappa shape index (κ1) is 16.6. The van der Waals surface area contributed by atoms with Crippen molar-refractivity contribution in [1.82, 2.24) is 5.32 Å². The molecule has 5 nitrogen and oxygen atoms in total. The Morgan fingerprint density at radius 2 is 2.18 bits per heavy atom. The topological polar surface area (TPSA) is 59.6 Å². The van der Waals surface area contributed by atoms with E-state index in [0.717, 1.165) is 19.4 Å². The molecule has 0 unspecified atom stereocenters. The lowest BCUT2D eigenvalue weighted by Crippen LogP contribution is -2.40. The fourth-order valence-corrected chi connectivity index (χ4v) is 2.70. The summed E-state index contributed by atoms with van der Waals surface area (Å²) in [4.78, 5) is 12.5. The maximum atomic E-state index is 12.5. The minimum Gasteiger partial charge on any atom is -0.497 e. The lowest BCUT2D eigenvalue weighted by Gasteiger charge is -2.27. The molecule has 2 rings (SSSR count). The Kier molecular flexibility index (Phi) is 5.66. The third kappa shape index (κ3) is 4.37. The molecule has 1 amide bonds. The van der Waals surface area contributed by atoms with Gasteiger partial charge in [0.1, 0.15) is 11.5 Å². The second-order valence-corrected chi connectivity index (χ2v) is 6.09. The number of carbonyl (C=O) groups is 1. The zero-order chi connectivity index (χ0) is 16.1. The summed E-state index contributed by atoms with van der Waals surface area (Å²) in [6.07, 6.45) is 1.76. The van der Waals surface area contributed by atoms with E-state index < -0.39 is 0 Å². The third-order valence-electron chi connectivity index (χ3n) is 3.80. The Labute approximate surface area is 132 Å². The lowest BCUT2D eigenvalue weighted by atomic mass is 9.92. The van der Waals surface area contributed by atoms with Gasteiger partial charge in [-0.25, -0.2) is 0 Å². The molecule has 0 saturated carbocycles. The van der Waals surface area contributed by atoms with Crippen molar-refractivity contribution in [3.63, 3.8) is 0 Å². The molecule has 1 heterocycles. The summed E-state index contributed by atoms with van der Waals surface area (Å²) in [5, 5.41) is 6.37. The molecule has 2 N–H and O–H groups in total. The van der Waals surface area contributed by atoms with E-state index in [-0.39, 0.29) is 17.9 Å². The van der Waals surface area contributed by atoms with Crippen LogP contribution in [0.25, 0.3) is 0 Å². The molecule has 1 aromatic rings. The van der Waals surface area contributed by atoms with Crippen molar-refractivity contribution in [1.29, 1.82) is 0 Å². The molecular weight excluding hydrogens is 280 g/mol. The SMILES string of the molecule is COc1ccc(OC(C)C)c(NC(=O)[C@H]2CCN[C@@H](C)C2)c1. The number of methoxy groups -OCH3 is 1. The number of benzene rings is 1. The second kappa shape index (κ2) is 7.49. The van der Waals surface area contributed by atoms with Gasteiger partial charge < -0.3 is 20.1 Å². The van der Waals surface area contributed by atoms with Crippen LogP contribution in [0, 0.1) is 5.92 Å². The maximum absolute atomic E-state index is 12.5. The van der Waals surface area contributed by atoms with Gasteiger partial charge in [-0.1, -0.05) is 0 Å². The number of amides is 1. The van der Waals surface area contributed by atoms with Gasteiger partial charge in [0.05, 0.1) is 18.9 Å². The van der Waals surface area contributed by atoms with Gasteiger partial charge in [0.25, 0.3) is 0 Å². The summed E-state index contributed by atoms with van der Waals surface area (Å²) in [7, 11) is 1.61. The maximum Gasteiger partial charge on any atom is 0.227 e. The molecule has 5 heteroatoms. The molecule has 1 saturated heterocycles. The van der Waals surface area contributed by atoms with Crippen LogP contribution in [-0.2, 0) is 4.79 Å². The van der Waals surface area contributed by atoms with E-state index >= 15 is 0 Å². The van der Waals surface area contributed by atoms with Crippen LogP contribution in [0.1, 0.15) is 33.6 Å². The highest BCUT2D eigenvalue weighted by molar-refractivity contribution is 5.94. The van der Waals surface area contributed by atoms with Crippen LogP contribution < -0.4 is 20.1 Å². The molecule has 2 atom stereocenters. The number of nitrogens with one attached hydrogen (secondary N) is 2. The van der Waals surface area contributed by atoms with Crippen LogP contribution in [0.2, 0.25) is 0 Å². The molecule has 1 aliphatic rings. The Balaban J connectivity index is 2.13. The summed E-state index contributed by atoms with van der Waals surface area (Å²) in [5.41, 5.74) is 0.671. The quantitative estimate of drug-likeness (QED) is 0.878. The van der Waals surface area contributed by atoms with E-state index in [4.69, 9.17) is 9.47 Å². The summed E-state index contributed by atoms with van der Waals surface area (Å²) < 4.78 is 11.0. The fourth-order valence-electron chi connectivity index (χ4n) is 2.70. The summed E-state index contributed by atoms with van der Waals surface area (Å²) >= 11 is 0. The van der Waals surface area contributed by atoms with E-state index in [1.807, 2.05) is 26.0 Å². The van der Waals surface area contributed by atoms with Gasteiger partial charge in [-0.2, -0.15) is 0 Å². The van der Waals surface area contributed by atoms with Crippen molar-refractivity contribution in [3.8, 4) is 11.5 Å². The van der Waals surface area contributed by atoms with E-state index in [9.17, 15) is 4.79 Å². The molecule has 1 aliphatic heterocycles. The predicted molar refractivity (Wildman–Crippen MR) is 87.6 cm³/mol. The first-order chi connectivity index (χ1) is 10.5. The number of piperidine rings is 1. The van der Waals surface area contributed by atoms with Gasteiger partial charge in [-0.05, 0) is 52.3 Å². The van der Waals surface area contributed by atoms with Crippen LogP contribution in [0.3, 0.4) is 0 Å². The second-order valence-electron chi connectivity index (χ2n) is 6.09. The zero-order valence-electron chi connectivity index (χ0n) is 13.8. The van der Waals surface area contributed by atoms with Crippen LogP contribution in [0.4, 0.5) is 5.69 Å². The molecule has 22 heavy (non-hydrogen) atoms. The van der Waals surface area contributed by atoms with E-state index in [1.54, 1.807) is 13.2 Å². The number of anilines is 1. The van der Waals surface area contributed by atoms with Crippen molar-refractivity contribution < 1.29 is 14.3 Å². The van der Waals surface area contributed by atoms with Crippen molar-refractivity contribution in [2.75, 3.05) is 19.0 Å². The molecule has 0 aromatic heterocycles. The highest BCUT2D eigenvalue weighted by Gasteiger charge is 2.25. The van der Waals surface area contributed by atoms with Gasteiger partial charge >= 0.3 is 0 Å². The van der Waals surface area contributed by atoms with Gasteiger partial charge in [-0.3, -0.25) is 4.79 Å². The van der Waals surface area contributed by atoms with Gasteiger partial charge in [0, 0.05) is 18.0 Å². The normalized spacial score (nSPS) is 21.5. The molecule has 1 fully saturated rings. The smallest absolute Gasteiger partial charge is 0.227 e. The molecule has 0 radical (unpaired) electrons. The van der Waals surface area contributed by atoms with Crippen molar-refractivity contribution >= 4 is 11.6 Å². The first-order valence-corrected chi connectivity index (χ1v) is 7.88. The minimum atomic E-state index is 0.0364. The van der Waals surface area contributed by atoms with Gasteiger partial charge in [0.15, 0.2) is 0 Å². The average molecular weight is 306 g/mol. The first-order valence-electron chi connectivity index (χ1n) is 7.88. The number of ether oxygens (including phenoxy) is 2. The highest BCUT2D eigenvalue weighted by Crippen LogP contribution is 2.31. The fraction of sp³-hybridized carbons (Fsp3) is 0.588. The molecule has 0 aliphatic carbocycles. The molecule has 1 aromatic carbocycles. The number of hydrogen-bond donors (Lipinski definition) is 2. The largest absolute Gasteiger partial charge is 0.497 e. The lowest BCUT2D eigenvalue weighted by molar-refractivity contribution is -0.120. The Hall–Kier alpha value is -1.75. The van der Waals surface area contributed by atoms with Gasteiger partial charge in [0.2, 0.25) is 5.91 Å².